The first-order chi connectivity index (χ1) is 14.2. The summed E-state index contributed by atoms with van der Waals surface area (Å²) in [6.45, 7) is 5.54. The van der Waals surface area contributed by atoms with Gasteiger partial charge in [0.15, 0.2) is 0 Å². The third kappa shape index (κ3) is 5.15. The molecule has 0 aliphatic carbocycles. The van der Waals surface area contributed by atoms with E-state index >= 15 is 0 Å². The number of hydrogen-bond acceptors (Lipinski definition) is 6. The zero-order valence-electron chi connectivity index (χ0n) is 16.5. The number of aliphatic hydroxyl groups excluding tert-OH is 1. The summed E-state index contributed by atoms with van der Waals surface area (Å²) in [6.07, 6.45) is 2.59. The third-order valence-corrected chi connectivity index (χ3v) is 6.04. The van der Waals surface area contributed by atoms with Crippen LogP contribution in [0.25, 0.3) is 0 Å². The van der Waals surface area contributed by atoms with Gasteiger partial charge in [-0.15, -0.1) is 0 Å². The molecular formula is C23H25N3O2S. The van der Waals surface area contributed by atoms with E-state index in [9.17, 15) is 5.11 Å². The first kappa shape index (κ1) is 19.9. The van der Waals surface area contributed by atoms with Crippen molar-refractivity contribution < 1.29 is 9.84 Å². The van der Waals surface area contributed by atoms with E-state index in [0.29, 0.717) is 6.42 Å². The van der Waals surface area contributed by atoms with Gasteiger partial charge in [0.25, 0.3) is 0 Å². The minimum Gasteiger partial charge on any atom is -0.392 e. The third-order valence-electron chi connectivity index (χ3n) is 4.95. The summed E-state index contributed by atoms with van der Waals surface area (Å²) < 4.78 is 5.43. The van der Waals surface area contributed by atoms with Crippen molar-refractivity contribution in [3.05, 3.63) is 77.2 Å². The summed E-state index contributed by atoms with van der Waals surface area (Å²) in [5.41, 5.74) is 4.39. The van der Waals surface area contributed by atoms with Crippen LogP contribution in [0.3, 0.4) is 0 Å². The molecular weight excluding hydrogens is 382 g/mol. The van der Waals surface area contributed by atoms with Crippen LogP contribution in [0, 0.1) is 6.92 Å². The van der Waals surface area contributed by atoms with Crippen LogP contribution in [0.1, 0.15) is 22.5 Å². The summed E-state index contributed by atoms with van der Waals surface area (Å²) in [5.74, 6) is 0.815. The molecule has 1 aliphatic rings. The zero-order chi connectivity index (χ0) is 20.1. The Kier molecular flexibility index (Phi) is 6.44. The van der Waals surface area contributed by atoms with Crippen LogP contribution in [0.5, 0.6) is 0 Å². The van der Waals surface area contributed by atoms with Crippen molar-refractivity contribution in [3.63, 3.8) is 0 Å². The van der Waals surface area contributed by atoms with Crippen LogP contribution >= 0.6 is 11.8 Å². The van der Waals surface area contributed by atoms with Gasteiger partial charge in [0.2, 0.25) is 0 Å². The molecule has 0 saturated carbocycles. The maximum atomic E-state index is 9.35. The van der Waals surface area contributed by atoms with E-state index in [-0.39, 0.29) is 6.61 Å². The van der Waals surface area contributed by atoms with Gasteiger partial charge in [-0.2, -0.15) is 0 Å². The molecule has 1 fully saturated rings. The van der Waals surface area contributed by atoms with Crippen LogP contribution < -0.4 is 4.90 Å². The van der Waals surface area contributed by atoms with Crippen molar-refractivity contribution in [1.29, 1.82) is 0 Å². The molecule has 0 unspecified atom stereocenters. The fraction of sp³-hybridized carbons (Fsp3) is 0.304. The van der Waals surface area contributed by atoms with E-state index < -0.39 is 0 Å². The fourth-order valence-electron chi connectivity index (χ4n) is 3.30. The highest BCUT2D eigenvalue weighted by atomic mass is 32.2. The standard InChI is InChI=1S/C23H25N3O2S/c1-17-15-24-22(25-23(17)29-21-4-2-3-19(13-21)16-27)14-18-5-7-20(8-6-18)26-9-11-28-12-10-26/h2-8,13,15,27H,9-12,14,16H2,1H3. The van der Waals surface area contributed by atoms with Crippen LogP contribution in [0.4, 0.5) is 5.69 Å². The quantitative estimate of drug-likeness (QED) is 0.626. The lowest BCUT2D eigenvalue weighted by Crippen LogP contribution is -2.36. The van der Waals surface area contributed by atoms with Crippen molar-refractivity contribution in [3.8, 4) is 0 Å². The summed E-state index contributed by atoms with van der Waals surface area (Å²) in [7, 11) is 0. The maximum absolute atomic E-state index is 9.35. The molecule has 2 heterocycles. The molecule has 29 heavy (non-hydrogen) atoms. The molecule has 0 amide bonds. The smallest absolute Gasteiger partial charge is 0.133 e. The van der Waals surface area contributed by atoms with Gasteiger partial charge in [-0.05, 0) is 47.9 Å². The van der Waals surface area contributed by atoms with Crippen LogP contribution in [-0.2, 0) is 17.8 Å². The van der Waals surface area contributed by atoms with E-state index in [2.05, 4.69) is 34.1 Å². The van der Waals surface area contributed by atoms with E-state index in [1.807, 2.05) is 37.4 Å². The Balaban J connectivity index is 1.47. The SMILES string of the molecule is Cc1cnc(Cc2ccc(N3CCOCC3)cc2)nc1Sc1cccc(CO)c1. The number of nitrogens with zero attached hydrogens (tertiary/aromatic N) is 3. The summed E-state index contributed by atoms with van der Waals surface area (Å²) in [5, 5.41) is 10.3. The largest absolute Gasteiger partial charge is 0.392 e. The lowest BCUT2D eigenvalue weighted by atomic mass is 10.1. The lowest BCUT2D eigenvalue weighted by molar-refractivity contribution is 0.122. The predicted molar refractivity (Wildman–Crippen MR) is 116 cm³/mol. The van der Waals surface area contributed by atoms with Gasteiger partial charge in [-0.3, -0.25) is 0 Å². The maximum Gasteiger partial charge on any atom is 0.133 e. The number of rotatable bonds is 6. The topological polar surface area (TPSA) is 58.5 Å². The minimum atomic E-state index is 0.0445. The van der Waals surface area contributed by atoms with E-state index in [4.69, 9.17) is 9.72 Å². The van der Waals surface area contributed by atoms with Gasteiger partial charge in [0.1, 0.15) is 10.9 Å². The molecule has 0 bridgehead atoms. The van der Waals surface area contributed by atoms with E-state index in [0.717, 1.165) is 53.2 Å². The fourth-order valence-corrected chi connectivity index (χ4v) is 4.24. The van der Waals surface area contributed by atoms with Crippen molar-refractivity contribution in [2.24, 2.45) is 0 Å². The van der Waals surface area contributed by atoms with Crippen molar-refractivity contribution >= 4 is 17.4 Å². The van der Waals surface area contributed by atoms with Crippen LogP contribution in [-0.4, -0.2) is 41.4 Å². The number of ether oxygens (including phenoxy) is 1. The lowest BCUT2D eigenvalue weighted by Gasteiger charge is -2.28. The molecule has 2 aromatic carbocycles. The molecule has 0 radical (unpaired) electrons. The average molecular weight is 408 g/mol. The van der Waals surface area contributed by atoms with Crippen molar-refractivity contribution in [2.75, 3.05) is 31.2 Å². The number of aromatic nitrogens is 2. The second kappa shape index (κ2) is 9.39. The normalized spacial score (nSPS) is 14.2. The molecule has 6 heteroatoms. The number of aryl methyl sites for hydroxylation is 1. The predicted octanol–water partition coefficient (Wildman–Crippen LogP) is 3.86. The average Bonchev–Trinajstić information content (AvgIpc) is 2.77. The van der Waals surface area contributed by atoms with Gasteiger partial charge in [0.05, 0.1) is 19.8 Å². The van der Waals surface area contributed by atoms with Gasteiger partial charge in [-0.25, -0.2) is 9.97 Å². The Morgan fingerprint density at radius 3 is 2.62 bits per heavy atom. The highest BCUT2D eigenvalue weighted by Crippen LogP contribution is 2.29. The molecule has 4 rings (SSSR count). The second-order valence-electron chi connectivity index (χ2n) is 7.12. The summed E-state index contributed by atoms with van der Waals surface area (Å²) in [6, 6.07) is 16.6. The Hall–Kier alpha value is -2.41. The van der Waals surface area contributed by atoms with Gasteiger partial charge >= 0.3 is 0 Å². The number of benzene rings is 2. The first-order valence-electron chi connectivity index (χ1n) is 9.83. The number of anilines is 1. The number of aliphatic hydroxyl groups is 1. The molecule has 1 aliphatic heterocycles. The molecule has 0 spiro atoms. The summed E-state index contributed by atoms with van der Waals surface area (Å²) >= 11 is 1.61. The number of morpholine rings is 1. The molecule has 3 aromatic rings. The van der Waals surface area contributed by atoms with Crippen LogP contribution in [0.15, 0.2) is 64.6 Å². The highest BCUT2D eigenvalue weighted by Gasteiger charge is 2.12. The van der Waals surface area contributed by atoms with E-state index in [1.165, 1.54) is 11.3 Å². The van der Waals surface area contributed by atoms with Gasteiger partial charge < -0.3 is 14.7 Å². The van der Waals surface area contributed by atoms with Gasteiger partial charge in [-0.1, -0.05) is 36.0 Å². The summed E-state index contributed by atoms with van der Waals surface area (Å²) in [4.78, 5) is 12.7. The molecule has 0 atom stereocenters. The molecule has 150 valence electrons. The van der Waals surface area contributed by atoms with Crippen molar-refractivity contribution in [2.45, 2.75) is 29.9 Å². The van der Waals surface area contributed by atoms with Gasteiger partial charge in [0, 0.05) is 36.3 Å². The first-order valence-corrected chi connectivity index (χ1v) is 10.6. The molecule has 5 nitrogen and oxygen atoms in total. The van der Waals surface area contributed by atoms with E-state index in [1.54, 1.807) is 11.8 Å². The van der Waals surface area contributed by atoms with Crippen LogP contribution in [0.2, 0.25) is 0 Å². The molecule has 1 saturated heterocycles. The Morgan fingerprint density at radius 1 is 1.07 bits per heavy atom. The Morgan fingerprint density at radius 2 is 1.86 bits per heavy atom. The second-order valence-corrected chi connectivity index (χ2v) is 8.19. The monoisotopic (exact) mass is 407 g/mol. The van der Waals surface area contributed by atoms with Crippen molar-refractivity contribution in [1.82, 2.24) is 9.97 Å². The minimum absolute atomic E-state index is 0.0445. The molecule has 1 N–H and O–H groups in total. The zero-order valence-corrected chi connectivity index (χ0v) is 17.4. The molecule has 1 aromatic heterocycles. The highest BCUT2D eigenvalue weighted by molar-refractivity contribution is 7.99. The Labute approximate surface area is 175 Å². The Bertz CT molecular complexity index is 957. The number of hydrogen-bond donors (Lipinski definition) is 1.